The third-order valence-corrected chi connectivity index (χ3v) is 4.12. The van der Waals surface area contributed by atoms with Gasteiger partial charge in [0.1, 0.15) is 5.82 Å². The van der Waals surface area contributed by atoms with E-state index in [1.54, 1.807) is 56.6 Å². The molecule has 0 atom stereocenters. The van der Waals surface area contributed by atoms with Crippen molar-refractivity contribution in [2.24, 2.45) is 0 Å². The van der Waals surface area contributed by atoms with E-state index in [2.05, 4.69) is 5.32 Å². The van der Waals surface area contributed by atoms with Crippen LogP contribution in [0.2, 0.25) is 0 Å². The molecule has 2 aromatic rings. The summed E-state index contributed by atoms with van der Waals surface area (Å²) in [5.74, 6) is -0.407. The van der Waals surface area contributed by atoms with Crippen LogP contribution in [-0.4, -0.2) is 37.4 Å². The molecule has 5 heteroatoms. The maximum atomic E-state index is 13.5. The topological polar surface area (TPSA) is 49.4 Å². The van der Waals surface area contributed by atoms with Crippen LogP contribution in [0.1, 0.15) is 34.3 Å². The van der Waals surface area contributed by atoms with Crippen LogP contribution >= 0.6 is 0 Å². The number of rotatable bonds is 8. The van der Waals surface area contributed by atoms with Gasteiger partial charge in [0.05, 0.1) is 0 Å². The quantitative estimate of drug-likeness (QED) is 0.571. The predicted molar refractivity (Wildman–Crippen MR) is 106 cm³/mol. The molecule has 0 unspecified atom stereocenters. The Bertz CT molecular complexity index is 798. The standard InChI is InChI=1S/C22H25FN2O2/c1-25(2)22(27)19-13-10-17(11-14-19)12-15-21(26)24-16-6-5-8-18-7-3-4-9-20(18)23/h3-4,7,9-15H,5-6,8,16H2,1-2H3,(H,24,26)/b15-12+. The van der Waals surface area contributed by atoms with Crippen LogP contribution in [0.15, 0.2) is 54.6 Å². The zero-order chi connectivity index (χ0) is 19.6. The molecule has 1 N–H and O–H groups in total. The molecule has 0 fully saturated rings. The second-order valence-corrected chi connectivity index (χ2v) is 6.49. The number of benzene rings is 2. The van der Waals surface area contributed by atoms with Crippen LogP contribution < -0.4 is 5.32 Å². The predicted octanol–water partition coefficient (Wildman–Crippen LogP) is 3.68. The molecule has 4 nitrogen and oxygen atoms in total. The molecular formula is C22H25FN2O2. The molecule has 0 saturated carbocycles. The molecule has 0 spiro atoms. The van der Waals surface area contributed by atoms with Gasteiger partial charge >= 0.3 is 0 Å². The number of halogens is 1. The zero-order valence-electron chi connectivity index (χ0n) is 15.7. The molecular weight excluding hydrogens is 343 g/mol. The SMILES string of the molecule is CN(C)C(=O)c1ccc(/C=C/C(=O)NCCCCc2ccccc2F)cc1. The fourth-order valence-corrected chi connectivity index (χ4v) is 2.58. The van der Waals surface area contributed by atoms with Crippen LogP contribution in [-0.2, 0) is 11.2 Å². The summed E-state index contributed by atoms with van der Waals surface area (Å²) in [6.45, 7) is 0.550. The molecule has 2 amide bonds. The van der Waals surface area contributed by atoms with Crippen LogP contribution in [0.3, 0.4) is 0 Å². The highest BCUT2D eigenvalue weighted by atomic mass is 19.1. The normalized spacial score (nSPS) is 10.8. The van der Waals surface area contributed by atoms with Crippen LogP contribution in [0, 0.1) is 5.82 Å². The number of nitrogens with zero attached hydrogens (tertiary/aromatic N) is 1. The number of carbonyl (C=O) groups excluding carboxylic acids is 2. The van der Waals surface area contributed by atoms with E-state index in [9.17, 15) is 14.0 Å². The van der Waals surface area contributed by atoms with Gasteiger partial charge in [-0.05, 0) is 54.7 Å². The zero-order valence-corrected chi connectivity index (χ0v) is 15.7. The van der Waals surface area contributed by atoms with Gasteiger partial charge < -0.3 is 10.2 Å². The van der Waals surface area contributed by atoms with Crippen molar-refractivity contribution in [3.8, 4) is 0 Å². The second-order valence-electron chi connectivity index (χ2n) is 6.49. The van der Waals surface area contributed by atoms with Gasteiger partial charge in [-0.3, -0.25) is 9.59 Å². The first-order valence-corrected chi connectivity index (χ1v) is 8.98. The Morgan fingerprint density at radius 2 is 1.74 bits per heavy atom. The Morgan fingerprint density at radius 1 is 1.04 bits per heavy atom. The van der Waals surface area contributed by atoms with Gasteiger partial charge in [-0.25, -0.2) is 4.39 Å². The van der Waals surface area contributed by atoms with Crippen molar-refractivity contribution < 1.29 is 14.0 Å². The van der Waals surface area contributed by atoms with Gasteiger partial charge in [0, 0.05) is 32.3 Å². The van der Waals surface area contributed by atoms with Gasteiger partial charge in [-0.1, -0.05) is 30.3 Å². The monoisotopic (exact) mass is 368 g/mol. The number of aryl methyl sites for hydroxylation is 1. The maximum absolute atomic E-state index is 13.5. The average Bonchev–Trinajstić information content (AvgIpc) is 2.67. The molecule has 0 heterocycles. The van der Waals surface area contributed by atoms with Gasteiger partial charge in [0.2, 0.25) is 5.91 Å². The molecule has 142 valence electrons. The van der Waals surface area contributed by atoms with Crippen molar-refractivity contribution in [1.29, 1.82) is 0 Å². The summed E-state index contributed by atoms with van der Waals surface area (Å²) in [5.41, 5.74) is 2.16. The molecule has 2 aromatic carbocycles. The number of carbonyl (C=O) groups is 2. The molecule has 0 bridgehead atoms. The lowest BCUT2D eigenvalue weighted by Gasteiger charge is -2.09. The fraction of sp³-hybridized carbons (Fsp3) is 0.273. The first-order valence-electron chi connectivity index (χ1n) is 8.98. The van der Waals surface area contributed by atoms with E-state index in [4.69, 9.17) is 0 Å². The summed E-state index contributed by atoms with van der Waals surface area (Å²) in [6.07, 6.45) is 5.44. The third kappa shape index (κ3) is 6.70. The lowest BCUT2D eigenvalue weighted by molar-refractivity contribution is -0.116. The summed E-state index contributed by atoms with van der Waals surface area (Å²) < 4.78 is 13.5. The van der Waals surface area contributed by atoms with E-state index in [1.807, 2.05) is 6.07 Å². The van der Waals surface area contributed by atoms with E-state index < -0.39 is 0 Å². The second kappa shape index (κ2) is 10.3. The summed E-state index contributed by atoms with van der Waals surface area (Å²) in [4.78, 5) is 25.2. The third-order valence-electron chi connectivity index (χ3n) is 4.12. The summed E-state index contributed by atoms with van der Waals surface area (Å²) in [7, 11) is 3.41. The van der Waals surface area contributed by atoms with Crippen LogP contribution in [0.25, 0.3) is 6.08 Å². The molecule has 0 aliphatic rings. The van der Waals surface area contributed by atoms with Crippen LogP contribution in [0.4, 0.5) is 4.39 Å². The van der Waals surface area contributed by atoms with E-state index in [1.165, 1.54) is 17.0 Å². The number of amides is 2. The Hall–Kier alpha value is -2.95. The molecule has 0 saturated heterocycles. The van der Waals surface area contributed by atoms with Gasteiger partial charge in [-0.2, -0.15) is 0 Å². The highest BCUT2D eigenvalue weighted by Crippen LogP contribution is 2.10. The van der Waals surface area contributed by atoms with Crippen LogP contribution in [0.5, 0.6) is 0 Å². The highest BCUT2D eigenvalue weighted by molar-refractivity contribution is 5.94. The van der Waals surface area contributed by atoms with Gasteiger partial charge in [0.15, 0.2) is 0 Å². The van der Waals surface area contributed by atoms with Gasteiger partial charge in [-0.15, -0.1) is 0 Å². The van der Waals surface area contributed by atoms with Crippen molar-refractivity contribution >= 4 is 17.9 Å². The number of nitrogens with one attached hydrogen (secondary N) is 1. The van der Waals surface area contributed by atoms with E-state index in [-0.39, 0.29) is 17.6 Å². The minimum atomic E-state index is -0.178. The van der Waals surface area contributed by atoms with Crippen molar-refractivity contribution in [2.75, 3.05) is 20.6 Å². The van der Waals surface area contributed by atoms with Gasteiger partial charge in [0.25, 0.3) is 5.91 Å². The molecule has 2 rings (SSSR count). The lowest BCUT2D eigenvalue weighted by Crippen LogP contribution is -2.22. The molecule has 0 aromatic heterocycles. The molecule has 0 radical (unpaired) electrons. The van der Waals surface area contributed by atoms with E-state index in [0.717, 1.165) is 18.4 Å². The first-order chi connectivity index (χ1) is 13.0. The average molecular weight is 368 g/mol. The van der Waals surface area contributed by atoms with E-state index in [0.29, 0.717) is 24.1 Å². The Kier molecular flexibility index (Phi) is 7.74. The summed E-state index contributed by atoms with van der Waals surface area (Å²) in [5, 5.41) is 2.82. The smallest absolute Gasteiger partial charge is 0.253 e. The minimum Gasteiger partial charge on any atom is -0.353 e. The largest absolute Gasteiger partial charge is 0.353 e. The number of unbranched alkanes of at least 4 members (excludes halogenated alkanes) is 1. The number of hydrogen-bond acceptors (Lipinski definition) is 2. The molecule has 27 heavy (non-hydrogen) atoms. The Morgan fingerprint density at radius 3 is 2.41 bits per heavy atom. The minimum absolute atomic E-state index is 0.0568. The fourth-order valence-electron chi connectivity index (χ4n) is 2.58. The summed E-state index contributed by atoms with van der Waals surface area (Å²) in [6, 6.07) is 13.8. The Labute approximate surface area is 159 Å². The number of hydrogen-bond donors (Lipinski definition) is 1. The van der Waals surface area contributed by atoms with E-state index >= 15 is 0 Å². The maximum Gasteiger partial charge on any atom is 0.253 e. The van der Waals surface area contributed by atoms with Crippen molar-refractivity contribution in [2.45, 2.75) is 19.3 Å². The van der Waals surface area contributed by atoms with Crippen molar-refractivity contribution in [3.63, 3.8) is 0 Å². The summed E-state index contributed by atoms with van der Waals surface area (Å²) >= 11 is 0. The Balaban J connectivity index is 1.70. The molecule has 0 aliphatic carbocycles. The van der Waals surface area contributed by atoms with Crippen molar-refractivity contribution in [3.05, 3.63) is 77.1 Å². The molecule has 0 aliphatic heterocycles. The lowest BCUT2D eigenvalue weighted by atomic mass is 10.1. The first kappa shape index (κ1) is 20.4. The van der Waals surface area contributed by atoms with Crippen molar-refractivity contribution in [1.82, 2.24) is 10.2 Å². The highest BCUT2D eigenvalue weighted by Gasteiger charge is 2.06.